The lowest BCUT2D eigenvalue weighted by molar-refractivity contribution is 1.11. The maximum Gasteiger partial charge on any atom is 0.0541 e. The van der Waals surface area contributed by atoms with Gasteiger partial charge >= 0.3 is 0 Å². The normalized spacial score (nSPS) is 12.2. The number of hydrogen-bond acceptors (Lipinski definition) is 1. The van der Waals surface area contributed by atoms with Gasteiger partial charge in [0.2, 0.25) is 0 Å². The van der Waals surface area contributed by atoms with Gasteiger partial charge in [0.25, 0.3) is 0 Å². The predicted octanol–water partition coefficient (Wildman–Crippen LogP) is 13.5. The van der Waals surface area contributed by atoms with Gasteiger partial charge in [-0.15, -0.1) is 6.58 Å². The van der Waals surface area contributed by atoms with Crippen molar-refractivity contribution in [2.45, 2.75) is 13.8 Å². The SMILES string of the molecule is C=CC.C=CC1=C(C=N)c2cccc3c(-n4c5ccccc5c5cc(-c6ccc7c(c6)c(/C=C\C)c(C=C)n7-c6ccccc6)ccc54)ccc1c23. The molecule has 0 atom stereocenters. The van der Waals surface area contributed by atoms with Crippen LogP contribution in [-0.2, 0) is 0 Å². The van der Waals surface area contributed by atoms with E-state index >= 15 is 0 Å². The quantitative estimate of drug-likeness (QED) is 0.129. The third-order valence-corrected chi connectivity index (χ3v) is 10.1. The van der Waals surface area contributed by atoms with E-state index < -0.39 is 0 Å². The molecule has 0 saturated carbocycles. The fourth-order valence-electron chi connectivity index (χ4n) is 8.03. The Kier molecular flexibility index (Phi) is 8.25. The summed E-state index contributed by atoms with van der Waals surface area (Å²) in [5, 5.41) is 14.1. The van der Waals surface area contributed by atoms with Crippen LogP contribution in [0.4, 0.5) is 0 Å². The van der Waals surface area contributed by atoms with Crippen molar-refractivity contribution in [1.82, 2.24) is 9.13 Å². The van der Waals surface area contributed by atoms with Crippen molar-refractivity contribution in [2.75, 3.05) is 0 Å². The lowest BCUT2D eigenvalue weighted by Gasteiger charge is -2.14. The fraction of sp³-hybridized carbons (Fsp3) is 0.0408. The van der Waals surface area contributed by atoms with Crippen LogP contribution in [0.25, 0.3) is 89.3 Å². The second-order valence-electron chi connectivity index (χ2n) is 12.9. The maximum absolute atomic E-state index is 8.17. The molecular weight excluding hydrogens is 631 g/mol. The van der Waals surface area contributed by atoms with E-state index in [1.54, 1.807) is 6.08 Å². The molecule has 0 fully saturated rings. The molecule has 250 valence electrons. The summed E-state index contributed by atoms with van der Waals surface area (Å²) < 4.78 is 4.70. The summed E-state index contributed by atoms with van der Waals surface area (Å²) in [6, 6.07) is 43.7. The Morgan fingerprint density at radius 1 is 0.558 bits per heavy atom. The number of rotatable bonds is 7. The van der Waals surface area contributed by atoms with Crippen LogP contribution in [0.3, 0.4) is 0 Å². The monoisotopic (exact) mass is 669 g/mol. The molecule has 9 rings (SSSR count). The second-order valence-corrected chi connectivity index (χ2v) is 12.9. The van der Waals surface area contributed by atoms with E-state index in [0.717, 1.165) is 50.4 Å². The number of fused-ring (bicyclic) bond motifs is 4. The van der Waals surface area contributed by atoms with Crippen LogP contribution in [0, 0.1) is 5.41 Å². The summed E-state index contributed by atoms with van der Waals surface area (Å²) in [5.74, 6) is 0. The number of nitrogens with zero attached hydrogens (tertiary/aromatic N) is 2. The van der Waals surface area contributed by atoms with E-state index in [-0.39, 0.29) is 0 Å². The van der Waals surface area contributed by atoms with Gasteiger partial charge in [-0.2, -0.15) is 0 Å². The van der Waals surface area contributed by atoms with E-state index in [2.05, 4.69) is 169 Å². The van der Waals surface area contributed by atoms with Crippen LogP contribution in [0.15, 0.2) is 159 Å². The van der Waals surface area contributed by atoms with Gasteiger partial charge in [-0.25, -0.2) is 0 Å². The molecule has 2 aromatic heterocycles. The molecule has 0 unspecified atom stereocenters. The Hall–Kier alpha value is -6.71. The van der Waals surface area contributed by atoms with E-state index in [9.17, 15) is 0 Å². The van der Waals surface area contributed by atoms with E-state index in [0.29, 0.717) is 0 Å². The molecule has 1 N–H and O–H groups in total. The summed E-state index contributed by atoms with van der Waals surface area (Å²) in [5.41, 5.74) is 14.5. The van der Waals surface area contributed by atoms with Gasteiger partial charge in [-0.05, 0) is 102 Å². The highest BCUT2D eigenvalue weighted by Crippen LogP contribution is 2.45. The molecular formula is C49H39N3. The van der Waals surface area contributed by atoms with Crippen molar-refractivity contribution in [3.05, 3.63) is 182 Å². The summed E-state index contributed by atoms with van der Waals surface area (Å²) >= 11 is 0. The number of hydrogen-bond donors (Lipinski definition) is 1. The van der Waals surface area contributed by atoms with Crippen LogP contribution in [0.1, 0.15) is 36.2 Å². The molecule has 0 saturated heterocycles. The van der Waals surface area contributed by atoms with Gasteiger partial charge in [0.15, 0.2) is 0 Å². The van der Waals surface area contributed by atoms with Crippen molar-refractivity contribution in [3.8, 4) is 22.5 Å². The summed E-state index contributed by atoms with van der Waals surface area (Å²) in [6.07, 6.45) is 11.3. The summed E-state index contributed by atoms with van der Waals surface area (Å²) in [4.78, 5) is 0. The molecule has 0 amide bonds. The van der Waals surface area contributed by atoms with Crippen LogP contribution in [-0.4, -0.2) is 15.3 Å². The highest BCUT2D eigenvalue weighted by Gasteiger charge is 2.24. The Morgan fingerprint density at radius 3 is 1.88 bits per heavy atom. The first kappa shape index (κ1) is 32.5. The molecule has 2 heterocycles. The second kappa shape index (κ2) is 13.2. The average Bonchev–Trinajstić information content (AvgIpc) is 3.81. The number of allylic oxidation sites excluding steroid dienone is 5. The zero-order valence-corrected chi connectivity index (χ0v) is 29.5. The van der Waals surface area contributed by atoms with Gasteiger partial charge in [-0.1, -0.05) is 110 Å². The Morgan fingerprint density at radius 2 is 1.19 bits per heavy atom. The van der Waals surface area contributed by atoms with Crippen LogP contribution >= 0.6 is 0 Å². The van der Waals surface area contributed by atoms with Crippen molar-refractivity contribution >= 4 is 73.0 Å². The maximum atomic E-state index is 8.17. The molecule has 1 aliphatic rings. The molecule has 1 aliphatic carbocycles. The minimum atomic E-state index is 0.925. The van der Waals surface area contributed by atoms with Crippen molar-refractivity contribution in [2.24, 2.45) is 0 Å². The van der Waals surface area contributed by atoms with Crippen LogP contribution < -0.4 is 0 Å². The minimum absolute atomic E-state index is 0.925. The lowest BCUT2D eigenvalue weighted by atomic mass is 9.99. The molecule has 0 aliphatic heterocycles. The molecule has 3 nitrogen and oxygen atoms in total. The lowest BCUT2D eigenvalue weighted by Crippen LogP contribution is -1.96. The molecule has 8 aromatic rings. The molecule has 3 heteroatoms. The standard InChI is InChI=1S/C46H33N3.C3H6/c1-4-13-33-38-26-29(20-23-44(38)48(41(33)6-3)31-14-8-7-9-15-31)30-21-24-45-39(27-30)34-16-10-11-19-42(34)49(45)43-25-22-36-32(5-2)40(28-47)35-17-12-18-37(43)46(35)36;1-3-2/h4-28,47H,2-3H2,1H3;3H,1H2,2H3/b13-4-,47-28?;. The third kappa shape index (κ3) is 4.85. The molecule has 52 heavy (non-hydrogen) atoms. The molecule has 0 bridgehead atoms. The van der Waals surface area contributed by atoms with E-state index in [1.165, 1.54) is 55.4 Å². The number of benzene rings is 6. The van der Waals surface area contributed by atoms with Gasteiger partial charge < -0.3 is 14.5 Å². The van der Waals surface area contributed by atoms with Gasteiger partial charge in [0.1, 0.15) is 0 Å². The topological polar surface area (TPSA) is 33.7 Å². The van der Waals surface area contributed by atoms with E-state index in [4.69, 9.17) is 5.41 Å². The average molecular weight is 670 g/mol. The van der Waals surface area contributed by atoms with Crippen LogP contribution in [0.2, 0.25) is 0 Å². The van der Waals surface area contributed by atoms with Gasteiger partial charge in [0.05, 0.1) is 27.9 Å². The minimum Gasteiger partial charge on any atom is -0.309 e. The third-order valence-electron chi connectivity index (χ3n) is 10.1. The van der Waals surface area contributed by atoms with E-state index in [1.807, 2.05) is 19.1 Å². The van der Waals surface area contributed by atoms with Crippen LogP contribution in [0.5, 0.6) is 0 Å². The summed E-state index contributed by atoms with van der Waals surface area (Å²) in [7, 11) is 0. The number of nitrogens with one attached hydrogen (secondary N) is 1. The zero-order valence-electron chi connectivity index (χ0n) is 29.5. The van der Waals surface area contributed by atoms with Crippen molar-refractivity contribution < 1.29 is 0 Å². The molecule has 0 spiro atoms. The Balaban J connectivity index is 0.00000125. The number of para-hydroxylation sites is 2. The first-order chi connectivity index (χ1) is 25.6. The van der Waals surface area contributed by atoms with Gasteiger partial charge in [0, 0.05) is 44.6 Å². The fourth-order valence-corrected chi connectivity index (χ4v) is 8.03. The van der Waals surface area contributed by atoms with Crippen molar-refractivity contribution in [1.29, 1.82) is 5.41 Å². The first-order valence-corrected chi connectivity index (χ1v) is 17.6. The number of aromatic nitrogens is 2. The molecule has 6 aromatic carbocycles. The Labute approximate surface area is 304 Å². The van der Waals surface area contributed by atoms with Gasteiger partial charge in [-0.3, -0.25) is 0 Å². The highest BCUT2D eigenvalue weighted by atomic mass is 15.0. The molecule has 0 radical (unpaired) electrons. The predicted molar refractivity (Wildman–Crippen MR) is 227 cm³/mol. The largest absolute Gasteiger partial charge is 0.309 e. The summed E-state index contributed by atoms with van der Waals surface area (Å²) in [6.45, 7) is 15.6. The van der Waals surface area contributed by atoms with Crippen molar-refractivity contribution in [3.63, 3.8) is 0 Å². The smallest absolute Gasteiger partial charge is 0.0541 e. The Bertz CT molecular complexity index is 2790. The first-order valence-electron chi connectivity index (χ1n) is 17.6. The zero-order chi connectivity index (χ0) is 35.9. The highest BCUT2D eigenvalue weighted by molar-refractivity contribution is 6.30.